The number of nitrogens with one attached hydrogen (secondary N) is 1. The minimum atomic E-state index is -0.381. The van der Waals surface area contributed by atoms with Gasteiger partial charge in [0.05, 0.1) is 7.11 Å². The Hall–Kier alpha value is -1.94. The first-order chi connectivity index (χ1) is 9.60. The van der Waals surface area contributed by atoms with E-state index < -0.39 is 0 Å². The third kappa shape index (κ3) is 3.54. The number of halogens is 2. The van der Waals surface area contributed by atoms with Crippen LogP contribution >= 0.6 is 0 Å². The Kier molecular flexibility index (Phi) is 4.69. The van der Waals surface area contributed by atoms with Gasteiger partial charge in [-0.2, -0.15) is 0 Å². The molecule has 106 valence electrons. The molecule has 0 saturated heterocycles. The molecule has 0 aliphatic carbocycles. The van der Waals surface area contributed by atoms with Crippen LogP contribution in [-0.2, 0) is 6.54 Å². The zero-order valence-electron chi connectivity index (χ0n) is 11.5. The van der Waals surface area contributed by atoms with Gasteiger partial charge >= 0.3 is 0 Å². The highest BCUT2D eigenvalue weighted by atomic mass is 19.1. The summed E-state index contributed by atoms with van der Waals surface area (Å²) in [4.78, 5) is 0. The maximum Gasteiger partial charge on any atom is 0.165 e. The Bertz CT molecular complexity index is 586. The lowest BCUT2D eigenvalue weighted by Crippen LogP contribution is -2.18. The van der Waals surface area contributed by atoms with Crippen molar-refractivity contribution in [3.8, 4) is 5.75 Å². The van der Waals surface area contributed by atoms with E-state index in [0.717, 1.165) is 11.1 Å². The van der Waals surface area contributed by atoms with Crippen LogP contribution in [0, 0.1) is 11.6 Å². The summed E-state index contributed by atoms with van der Waals surface area (Å²) < 4.78 is 31.4. The Balaban J connectivity index is 2.03. The maximum atomic E-state index is 13.3. The van der Waals surface area contributed by atoms with Gasteiger partial charge in [0.25, 0.3) is 0 Å². The molecule has 1 atom stereocenters. The molecule has 0 radical (unpaired) electrons. The summed E-state index contributed by atoms with van der Waals surface area (Å²) in [6.07, 6.45) is 0. The van der Waals surface area contributed by atoms with Crippen LogP contribution < -0.4 is 10.1 Å². The fourth-order valence-electron chi connectivity index (χ4n) is 1.98. The molecule has 20 heavy (non-hydrogen) atoms. The average Bonchev–Trinajstić information content (AvgIpc) is 2.45. The normalized spacial score (nSPS) is 12.2. The van der Waals surface area contributed by atoms with Crippen molar-refractivity contribution in [3.63, 3.8) is 0 Å². The fourth-order valence-corrected chi connectivity index (χ4v) is 1.98. The van der Waals surface area contributed by atoms with E-state index in [-0.39, 0.29) is 23.4 Å². The Morgan fingerprint density at radius 3 is 2.65 bits per heavy atom. The summed E-state index contributed by atoms with van der Waals surface area (Å²) in [6, 6.07) is 11.2. The molecular formula is C16H17F2NO. The van der Waals surface area contributed by atoms with E-state index in [1.807, 2.05) is 13.0 Å². The Labute approximate surface area is 117 Å². The van der Waals surface area contributed by atoms with Crippen LogP contribution in [0.4, 0.5) is 8.78 Å². The van der Waals surface area contributed by atoms with Gasteiger partial charge in [0.2, 0.25) is 0 Å². The molecule has 0 amide bonds. The first-order valence-corrected chi connectivity index (χ1v) is 6.41. The summed E-state index contributed by atoms with van der Waals surface area (Å²) in [5.41, 5.74) is 1.78. The van der Waals surface area contributed by atoms with Gasteiger partial charge in [0.15, 0.2) is 11.6 Å². The minimum Gasteiger partial charge on any atom is -0.494 e. The molecule has 1 N–H and O–H groups in total. The summed E-state index contributed by atoms with van der Waals surface area (Å²) in [7, 11) is 1.44. The quantitative estimate of drug-likeness (QED) is 0.897. The van der Waals surface area contributed by atoms with Crippen molar-refractivity contribution in [2.75, 3.05) is 7.11 Å². The summed E-state index contributed by atoms with van der Waals surface area (Å²) in [5.74, 6) is -0.407. The van der Waals surface area contributed by atoms with Crippen molar-refractivity contribution in [2.24, 2.45) is 0 Å². The van der Waals surface area contributed by atoms with E-state index >= 15 is 0 Å². The highest BCUT2D eigenvalue weighted by Gasteiger charge is 2.09. The SMILES string of the molecule is COc1cc(C(C)NCc2cccc(F)c2)ccc1F. The van der Waals surface area contributed by atoms with E-state index in [0.29, 0.717) is 6.54 Å². The molecule has 0 aliphatic heterocycles. The molecule has 2 aromatic rings. The number of methoxy groups -OCH3 is 1. The molecule has 0 heterocycles. The molecule has 1 unspecified atom stereocenters. The molecule has 0 saturated carbocycles. The zero-order chi connectivity index (χ0) is 14.5. The predicted octanol–water partition coefficient (Wildman–Crippen LogP) is 3.82. The van der Waals surface area contributed by atoms with Crippen molar-refractivity contribution in [2.45, 2.75) is 19.5 Å². The van der Waals surface area contributed by atoms with Crippen molar-refractivity contribution >= 4 is 0 Å². The number of ether oxygens (including phenoxy) is 1. The van der Waals surface area contributed by atoms with Gasteiger partial charge < -0.3 is 10.1 Å². The maximum absolute atomic E-state index is 13.3. The second kappa shape index (κ2) is 6.48. The van der Waals surface area contributed by atoms with Crippen molar-refractivity contribution < 1.29 is 13.5 Å². The minimum absolute atomic E-state index is 0.00719. The summed E-state index contributed by atoms with van der Waals surface area (Å²) in [6.45, 7) is 2.50. The molecule has 2 aromatic carbocycles. The monoisotopic (exact) mass is 277 g/mol. The van der Waals surface area contributed by atoms with Crippen LogP contribution in [0.3, 0.4) is 0 Å². The second-order valence-electron chi connectivity index (χ2n) is 4.63. The topological polar surface area (TPSA) is 21.3 Å². The van der Waals surface area contributed by atoms with Gasteiger partial charge in [-0.25, -0.2) is 8.78 Å². The number of hydrogen-bond donors (Lipinski definition) is 1. The lowest BCUT2D eigenvalue weighted by molar-refractivity contribution is 0.385. The first-order valence-electron chi connectivity index (χ1n) is 6.41. The molecule has 4 heteroatoms. The average molecular weight is 277 g/mol. The van der Waals surface area contributed by atoms with Crippen LogP contribution in [0.15, 0.2) is 42.5 Å². The van der Waals surface area contributed by atoms with Gasteiger partial charge in [-0.1, -0.05) is 18.2 Å². The van der Waals surface area contributed by atoms with Gasteiger partial charge in [-0.05, 0) is 42.3 Å². The van der Waals surface area contributed by atoms with E-state index in [4.69, 9.17) is 4.74 Å². The van der Waals surface area contributed by atoms with Crippen molar-refractivity contribution in [1.29, 1.82) is 0 Å². The third-order valence-electron chi connectivity index (χ3n) is 3.18. The van der Waals surface area contributed by atoms with E-state index in [9.17, 15) is 8.78 Å². The van der Waals surface area contributed by atoms with Crippen LogP contribution in [-0.4, -0.2) is 7.11 Å². The Morgan fingerprint density at radius 2 is 1.95 bits per heavy atom. The highest BCUT2D eigenvalue weighted by Crippen LogP contribution is 2.22. The zero-order valence-corrected chi connectivity index (χ0v) is 11.5. The van der Waals surface area contributed by atoms with E-state index in [1.54, 1.807) is 18.2 Å². The summed E-state index contributed by atoms with van der Waals surface area (Å²) in [5, 5.41) is 3.27. The standard InChI is InChI=1S/C16H17F2NO/c1-11(13-6-7-15(18)16(9-13)20-2)19-10-12-4-3-5-14(17)8-12/h3-9,11,19H,10H2,1-2H3. The molecular weight excluding hydrogens is 260 g/mol. The van der Waals surface area contributed by atoms with E-state index in [1.165, 1.54) is 25.3 Å². The van der Waals surface area contributed by atoms with Gasteiger partial charge in [-0.3, -0.25) is 0 Å². The van der Waals surface area contributed by atoms with Crippen LogP contribution in [0.1, 0.15) is 24.1 Å². The van der Waals surface area contributed by atoms with Gasteiger partial charge in [0, 0.05) is 12.6 Å². The second-order valence-corrected chi connectivity index (χ2v) is 4.63. The first kappa shape index (κ1) is 14.5. The number of hydrogen-bond acceptors (Lipinski definition) is 2. The fraction of sp³-hybridized carbons (Fsp3) is 0.250. The van der Waals surface area contributed by atoms with Gasteiger partial charge in [0.1, 0.15) is 5.82 Å². The largest absolute Gasteiger partial charge is 0.494 e. The molecule has 2 nitrogen and oxygen atoms in total. The lowest BCUT2D eigenvalue weighted by atomic mass is 10.1. The molecule has 0 spiro atoms. The Morgan fingerprint density at radius 1 is 1.15 bits per heavy atom. The highest BCUT2D eigenvalue weighted by molar-refractivity contribution is 5.32. The molecule has 2 rings (SSSR count). The molecule has 0 fully saturated rings. The molecule has 0 bridgehead atoms. The lowest BCUT2D eigenvalue weighted by Gasteiger charge is -2.15. The number of benzene rings is 2. The number of rotatable bonds is 5. The van der Waals surface area contributed by atoms with Crippen LogP contribution in [0.5, 0.6) is 5.75 Å². The van der Waals surface area contributed by atoms with Gasteiger partial charge in [-0.15, -0.1) is 0 Å². The summed E-state index contributed by atoms with van der Waals surface area (Å²) >= 11 is 0. The van der Waals surface area contributed by atoms with Crippen LogP contribution in [0.25, 0.3) is 0 Å². The predicted molar refractivity (Wildman–Crippen MR) is 74.6 cm³/mol. The van der Waals surface area contributed by atoms with Crippen molar-refractivity contribution in [1.82, 2.24) is 5.32 Å². The van der Waals surface area contributed by atoms with E-state index in [2.05, 4.69) is 5.32 Å². The molecule has 0 aliphatic rings. The molecule has 0 aromatic heterocycles. The van der Waals surface area contributed by atoms with Crippen LogP contribution in [0.2, 0.25) is 0 Å². The third-order valence-corrected chi connectivity index (χ3v) is 3.18. The van der Waals surface area contributed by atoms with Crippen molar-refractivity contribution in [3.05, 3.63) is 65.2 Å². The smallest absolute Gasteiger partial charge is 0.165 e.